The second-order valence-electron chi connectivity index (χ2n) is 6.77. The van der Waals surface area contributed by atoms with E-state index in [4.69, 9.17) is 6.42 Å². The molecule has 6 nitrogen and oxygen atoms in total. The summed E-state index contributed by atoms with van der Waals surface area (Å²) in [4.78, 5) is 14.7. The number of hydrogen-bond acceptors (Lipinski definition) is 4. The van der Waals surface area contributed by atoms with E-state index in [1.165, 1.54) is 0 Å². The van der Waals surface area contributed by atoms with E-state index in [1.54, 1.807) is 13.1 Å². The standard InChI is InChI=1S/C19H23N5O/c1-3-4-9-23-10-6-14(7-11-23)24-17-15-5-8-20-18(15)21-12-16(17)22-19(24)13(2)25/h1,5,8,12-14,25H,4,6-7,9-11H2,2H3,(H,20,21)/t13-/m1/s1. The van der Waals surface area contributed by atoms with Gasteiger partial charge in [0.25, 0.3) is 0 Å². The van der Waals surface area contributed by atoms with Crippen molar-refractivity contribution in [2.24, 2.45) is 0 Å². The lowest BCUT2D eigenvalue weighted by Gasteiger charge is -2.33. The Balaban J connectivity index is 1.74. The summed E-state index contributed by atoms with van der Waals surface area (Å²) in [5.41, 5.74) is 2.78. The zero-order chi connectivity index (χ0) is 17.4. The molecule has 0 aromatic carbocycles. The Kier molecular flexibility index (Phi) is 4.20. The van der Waals surface area contributed by atoms with Gasteiger partial charge < -0.3 is 19.6 Å². The van der Waals surface area contributed by atoms with Crippen molar-refractivity contribution >= 4 is 22.1 Å². The van der Waals surface area contributed by atoms with Crippen LogP contribution in [0.15, 0.2) is 18.5 Å². The number of aliphatic hydroxyl groups excluding tert-OH is 1. The molecular formula is C19H23N5O. The normalized spacial score (nSPS) is 18.0. The highest BCUT2D eigenvalue weighted by atomic mass is 16.3. The molecule has 0 amide bonds. The second kappa shape index (κ2) is 6.51. The van der Waals surface area contributed by atoms with Crippen LogP contribution >= 0.6 is 0 Å². The van der Waals surface area contributed by atoms with Crippen LogP contribution in [0.1, 0.15) is 44.2 Å². The maximum atomic E-state index is 10.3. The molecule has 1 fully saturated rings. The highest BCUT2D eigenvalue weighted by molar-refractivity contribution is 6.01. The number of piperidine rings is 1. The molecule has 1 aliphatic rings. The Labute approximate surface area is 146 Å². The summed E-state index contributed by atoms with van der Waals surface area (Å²) in [6.45, 7) is 4.78. The molecule has 0 saturated carbocycles. The first-order valence-electron chi connectivity index (χ1n) is 8.87. The molecule has 1 aliphatic heterocycles. The number of nitrogens with zero attached hydrogens (tertiary/aromatic N) is 4. The van der Waals surface area contributed by atoms with Gasteiger partial charge in [0, 0.05) is 43.7 Å². The number of aromatic amines is 1. The van der Waals surface area contributed by atoms with Gasteiger partial charge in [-0.3, -0.25) is 0 Å². The SMILES string of the molecule is C#CCCN1CCC(n2c([C@@H](C)O)nc3cnc4[nH]ccc4c32)CC1. The number of aliphatic hydroxyl groups is 1. The molecule has 4 heterocycles. The first-order chi connectivity index (χ1) is 12.2. The van der Waals surface area contributed by atoms with Crippen LogP contribution in [0.25, 0.3) is 22.1 Å². The summed E-state index contributed by atoms with van der Waals surface area (Å²) >= 11 is 0. The van der Waals surface area contributed by atoms with Crippen molar-refractivity contribution < 1.29 is 5.11 Å². The van der Waals surface area contributed by atoms with Gasteiger partial charge in [0.15, 0.2) is 0 Å². The number of rotatable bonds is 4. The fourth-order valence-electron chi connectivity index (χ4n) is 3.90. The molecule has 25 heavy (non-hydrogen) atoms. The van der Waals surface area contributed by atoms with E-state index >= 15 is 0 Å². The monoisotopic (exact) mass is 337 g/mol. The van der Waals surface area contributed by atoms with Gasteiger partial charge in [-0.25, -0.2) is 9.97 Å². The van der Waals surface area contributed by atoms with Gasteiger partial charge in [-0.15, -0.1) is 12.3 Å². The van der Waals surface area contributed by atoms with E-state index in [0.717, 1.165) is 66.8 Å². The minimum absolute atomic E-state index is 0.331. The zero-order valence-corrected chi connectivity index (χ0v) is 14.4. The van der Waals surface area contributed by atoms with Gasteiger partial charge in [-0.1, -0.05) is 0 Å². The Hall–Kier alpha value is -2.36. The van der Waals surface area contributed by atoms with Crippen LogP contribution in [-0.2, 0) is 0 Å². The van der Waals surface area contributed by atoms with Crippen LogP contribution in [0.5, 0.6) is 0 Å². The maximum absolute atomic E-state index is 10.3. The summed E-state index contributed by atoms with van der Waals surface area (Å²) in [5, 5.41) is 11.3. The van der Waals surface area contributed by atoms with E-state index in [2.05, 4.69) is 30.3 Å². The number of nitrogens with one attached hydrogen (secondary N) is 1. The van der Waals surface area contributed by atoms with Crippen molar-refractivity contribution in [1.29, 1.82) is 0 Å². The summed E-state index contributed by atoms with van der Waals surface area (Å²) in [7, 11) is 0. The molecule has 0 bridgehead atoms. The number of H-pyrrole nitrogens is 1. The zero-order valence-electron chi connectivity index (χ0n) is 14.4. The van der Waals surface area contributed by atoms with E-state index in [-0.39, 0.29) is 0 Å². The van der Waals surface area contributed by atoms with Crippen molar-refractivity contribution in [2.75, 3.05) is 19.6 Å². The van der Waals surface area contributed by atoms with Crippen molar-refractivity contribution in [2.45, 2.75) is 38.3 Å². The van der Waals surface area contributed by atoms with Gasteiger partial charge in [-0.2, -0.15) is 0 Å². The quantitative estimate of drug-likeness (QED) is 0.718. The number of aromatic nitrogens is 4. The van der Waals surface area contributed by atoms with Gasteiger partial charge in [-0.05, 0) is 25.8 Å². The number of pyridine rings is 1. The lowest BCUT2D eigenvalue weighted by Crippen LogP contribution is -2.35. The van der Waals surface area contributed by atoms with E-state index in [1.807, 2.05) is 12.3 Å². The third-order valence-electron chi connectivity index (χ3n) is 5.13. The number of fused-ring (bicyclic) bond motifs is 3. The molecule has 2 N–H and O–H groups in total. The number of imidazole rings is 1. The Bertz CT molecular complexity index is 924. The van der Waals surface area contributed by atoms with Crippen LogP contribution in [0.4, 0.5) is 0 Å². The molecule has 130 valence electrons. The molecule has 3 aromatic rings. The predicted octanol–water partition coefficient (Wildman–Crippen LogP) is 2.63. The molecule has 4 rings (SSSR count). The average Bonchev–Trinajstić information content (AvgIpc) is 3.24. The predicted molar refractivity (Wildman–Crippen MR) is 98.2 cm³/mol. The summed E-state index contributed by atoms with van der Waals surface area (Å²) in [6, 6.07) is 2.37. The minimum Gasteiger partial charge on any atom is -0.385 e. The maximum Gasteiger partial charge on any atom is 0.139 e. The first-order valence-corrected chi connectivity index (χ1v) is 8.87. The fourth-order valence-corrected chi connectivity index (χ4v) is 3.90. The van der Waals surface area contributed by atoms with Gasteiger partial charge >= 0.3 is 0 Å². The van der Waals surface area contributed by atoms with Crippen LogP contribution in [-0.4, -0.2) is 49.2 Å². The van der Waals surface area contributed by atoms with Crippen molar-refractivity contribution in [1.82, 2.24) is 24.4 Å². The lowest BCUT2D eigenvalue weighted by molar-refractivity contribution is 0.161. The first kappa shape index (κ1) is 16.1. The van der Waals surface area contributed by atoms with Gasteiger partial charge in [0.1, 0.15) is 23.1 Å². The molecular weight excluding hydrogens is 314 g/mol. The Morgan fingerprint density at radius 2 is 2.24 bits per heavy atom. The number of hydrogen-bond donors (Lipinski definition) is 2. The minimum atomic E-state index is -0.610. The highest BCUT2D eigenvalue weighted by Crippen LogP contribution is 2.34. The fraction of sp³-hybridized carbons (Fsp3) is 0.474. The van der Waals surface area contributed by atoms with Crippen LogP contribution < -0.4 is 0 Å². The van der Waals surface area contributed by atoms with Crippen molar-refractivity contribution in [3.63, 3.8) is 0 Å². The summed E-state index contributed by atoms with van der Waals surface area (Å²) < 4.78 is 2.25. The molecule has 0 unspecified atom stereocenters. The van der Waals surface area contributed by atoms with Crippen LogP contribution in [0.2, 0.25) is 0 Å². The molecule has 1 saturated heterocycles. The third-order valence-corrected chi connectivity index (χ3v) is 5.13. The largest absolute Gasteiger partial charge is 0.385 e. The highest BCUT2D eigenvalue weighted by Gasteiger charge is 2.27. The Morgan fingerprint density at radius 3 is 2.96 bits per heavy atom. The van der Waals surface area contributed by atoms with Crippen molar-refractivity contribution in [3.05, 3.63) is 24.3 Å². The summed E-state index contributed by atoms with van der Waals surface area (Å²) in [6.07, 6.45) is 11.3. The third kappa shape index (κ3) is 2.80. The lowest BCUT2D eigenvalue weighted by atomic mass is 10.0. The molecule has 0 aliphatic carbocycles. The number of terminal acetylenes is 1. The van der Waals surface area contributed by atoms with E-state index in [9.17, 15) is 5.11 Å². The van der Waals surface area contributed by atoms with E-state index in [0.29, 0.717) is 6.04 Å². The molecule has 3 aromatic heterocycles. The Morgan fingerprint density at radius 1 is 1.44 bits per heavy atom. The van der Waals surface area contributed by atoms with Crippen LogP contribution in [0.3, 0.4) is 0 Å². The van der Waals surface area contributed by atoms with Gasteiger partial charge in [0.05, 0.1) is 11.7 Å². The molecule has 0 spiro atoms. The smallest absolute Gasteiger partial charge is 0.139 e. The van der Waals surface area contributed by atoms with Crippen molar-refractivity contribution in [3.8, 4) is 12.3 Å². The molecule has 1 atom stereocenters. The van der Waals surface area contributed by atoms with Crippen LogP contribution in [0, 0.1) is 12.3 Å². The average molecular weight is 337 g/mol. The van der Waals surface area contributed by atoms with E-state index < -0.39 is 6.10 Å². The summed E-state index contributed by atoms with van der Waals surface area (Å²) in [5.74, 6) is 3.45. The molecule has 6 heteroatoms. The topological polar surface area (TPSA) is 70.0 Å². The number of likely N-dealkylation sites (tertiary alicyclic amines) is 1. The second-order valence-corrected chi connectivity index (χ2v) is 6.77. The van der Waals surface area contributed by atoms with Gasteiger partial charge in [0.2, 0.25) is 0 Å². The molecule has 0 radical (unpaired) electrons.